The van der Waals surface area contributed by atoms with Crippen LogP contribution >= 0.6 is 0 Å². The highest BCUT2D eigenvalue weighted by atomic mass is 16.5. The monoisotopic (exact) mass is 315 g/mol. The Hall–Kier alpha value is -2.14. The van der Waals surface area contributed by atoms with Gasteiger partial charge in [-0.3, -0.25) is 4.79 Å². The van der Waals surface area contributed by atoms with Gasteiger partial charge in [-0.05, 0) is 23.5 Å². The summed E-state index contributed by atoms with van der Waals surface area (Å²) in [5.41, 5.74) is 2.58. The Kier molecular flexibility index (Phi) is 5.55. The average molecular weight is 315 g/mol. The van der Waals surface area contributed by atoms with E-state index in [1.165, 1.54) is 5.56 Å². The van der Waals surface area contributed by atoms with Crippen molar-refractivity contribution in [2.45, 2.75) is 39.7 Å². The van der Waals surface area contributed by atoms with Gasteiger partial charge in [-0.2, -0.15) is 5.10 Å². The fourth-order valence-corrected chi connectivity index (χ4v) is 2.22. The number of carbonyl (C=O) groups excluding carboxylic acids is 1. The first-order valence-corrected chi connectivity index (χ1v) is 7.89. The number of nitrogens with zero attached hydrogens (tertiary/aromatic N) is 2. The second kappa shape index (κ2) is 7.42. The van der Waals surface area contributed by atoms with Gasteiger partial charge in [0.05, 0.1) is 12.7 Å². The maximum absolute atomic E-state index is 11.8. The summed E-state index contributed by atoms with van der Waals surface area (Å²) in [4.78, 5) is 11.8. The highest BCUT2D eigenvalue weighted by Crippen LogP contribution is 2.22. The second-order valence-electron chi connectivity index (χ2n) is 6.51. The summed E-state index contributed by atoms with van der Waals surface area (Å²) in [6.07, 6.45) is 1.68. The number of benzene rings is 1. The van der Waals surface area contributed by atoms with Crippen LogP contribution in [0.5, 0.6) is 0 Å². The molecular weight excluding hydrogens is 290 g/mol. The van der Waals surface area contributed by atoms with Crippen molar-refractivity contribution in [3.8, 4) is 0 Å². The van der Waals surface area contributed by atoms with E-state index in [1.807, 2.05) is 6.92 Å². The van der Waals surface area contributed by atoms with Gasteiger partial charge in [0.25, 0.3) is 5.91 Å². The predicted octanol–water partition coefficient (Wildman–Crippen LogP) is 3.20. The third-order valence-electron chi connectivity index (χ3n) is 3.57. The number of nitrogens with one attached hydrogen (secondary N) is 1. The molecule has 0 aliphatic heterocycles. The fraction of sp³-hybridized carbons (Fsp3) is 0.444. The van der Waals surface area contributed by atoms with Crippen LogP contribution in [-0.2, 0) is 21.5 Å². The molecule has 0 saturated carbocycles. The molecule has 0 bridgehead atoms. The van der Waals surface area contributed by atoms with E-state index in [0.29, 0.717) is 19.0 Å². The summed E-state index contributed by atoms with van der Waals surface area (Å²) < 4.78 is 6.88. The van der Waals surface area contributed by atoms with E-state index in [4.69, 9.17) is 4.74 Å². The normalized spacial score (nSPS) is 11.5. The molecule has 2 aromatic rings. The molecule has 0 aliphatic carbocycles. The first-order chi connectivity index (χ1) is 10.9. The summed E-state index contributed by atoms with van der Waals surface area (Å²) in [5, 5.41) is 7.09. The first-order valence-electron chi connectivity index (χ1n) is 7.89. The molecule has 5 nitrogen and oxygen atoms in total. The van der Waals surface area contributed by atoms with Crippen molar-refractivity contribution in [2.24, 2.45) is 0 Å². The summed E-state index contributed by atoms with van der Waals surface area (Å²) in [6, 6.07) is 10.3. The molecule has 1 aromatic carbocycles. The molecular formula is C18H25N3O2. The van der Waals surface area contributed by atoms with Gasteiger partial charge in [0.15, 0.2) is 0 Å². The highest BCUT2D eigenvalue weighted by molar-refractivity contribution is 5.90. The molecule has 0 fully saturated rings. The molecule has 0 atom stereocenters. The van der Waals surface area contributed by atoms with Gasteiger partial charge >= 0.3 is 0 Å². The van der Waals surface area contributed by atoms with Crippen molar-refractivity contribution in [3.05, 3.63) is 47.7 Å². The third kappa shape index (κ3) is 4.93. The minimum absolute atomic E-state index is 0.0575. The van der Waals surface area contributed by atoms with Gasteiger partial charge in [0, 0.05) is 12.7 Å². The van der Waals surface area contributed by atoms with Crippen LogP contribution in [0.2, 0.25) is 0 Å². The Labute approximate surface area is 137 Å². The van der Waals surface area contributed by atoms with Crippen molar-refractivity contribution in [3.63, 3.8) is 0 Å². The number of aromatic nitrogens is 2. The summed E-state index contributed by atoms with van der Waals surface area (Å²) >= 11 is 0. The van der Waals surface area contributed by atoms with Crippen molar-refractivity contribution >= 4 is 11.7 Å². The van der Waals surface area contributed by atoms with Crippen molar-refractivity contribution in [1.82, 2.24) is 9.78 Å². The largest absolute Gasteiger partial charge is 0.372 e. The predicted molar refractivity (Wildman–Crippen MR) is 91.6 cm³/mol. The van der Waals surface area contributed by atoms with E-state index in [2.05, 4.69) is 55.5 Å². The van der Waals surface area contributed by atoms with Crippen LogP contribution in [0, 0.1) is 0 Å². The van der Waals surface area contributed by atoms with Crippen LogP contribution in [0.25, 0.3) is 0 Å². The lowest BCUT2D eigenvalue weighted by atomic mass is 9.87. The van der Waals surface area contributed by atoms with E-state index < -0.39 is 0 Å². The lowest BCUT2D eigenvalue weighted by Gasteiger charge is -2.19. The topological polar surface area (TPSA) is 56.1 Å². The molecule has 1 heterocycles. The number of hydrogen-bond donors (Lipinski definition) is 1. The van der Waals surface area contributed by atoms with E-state index in [-0.39, 0.29) is 17.9 Å². The fourth-order valence-electron chi connectivity index (χ4n) is 2.22. The molecule has 0 unspecified atom stereocenters. The number of hydrogen-bond acceptors (Lipinski definition) is 3. The van der Waals surface area contributed by atoms with E-state index in [0.717, 1.165) is 5.56 Å². The molecule has 2 rings (SSSR count). The maximum Gasteiger partial charge on any atom is 0.251 e. The molecule has 23 heavy (non-hydrogen) atoms. The molecule has 1 aromatic heterocycles. The summed E-state index contributed by atoms with van der Waals surface area (Å²) in [7, 11) is 0. The Morgan fingerprint density at radius 1 is 1.22 bits per heavy atom. The van der Waals surface area contributed by atoms with Gasteiger partial charge in [0.1, 0.15) is 12.4 Å². The summed E-state index contributed by atoms with van der Waals surface area (Å²) in [5.74, 6) is 0.506. The Bertz CT molecular complexity index is 639. The molecule has 1 amide bonds. The van der Waals surface area contributed by atoms with Gasteiger partial charge < -0.3 is 10.1 Å². The zero-order valence-electron chi connectivity index (χ0n) is 14.3. The lowest BCUT2D eigenvalue weighted by Crippen LogP contribution is -2.20. The number of amides is 1. The molecule has 0 radical (unpaired) electrons. The molecule has 124 valence electrons. The van der Waals surface area contributed by atoms with E-state index >= 15 is 0 Å². The average Bonchev–Trinajstić information content (AvgIpc) is 2.92. The van der Waals surface area contributed by atoms with Gasteiger partial charge in [-0.15, -0.1) is 0 Å². The molecule has 1 N–H and O–H groups in total. The number of carbonyl (C=O) groups is 1. The van der Waals surface area contributed by atoms with Crippen molar-refractivity contribution < 1.29 is 9.53 Å². The smallest absolute Gasteiger partial charge is 0.251 e. The van der Waals surface area contributed by atoms with Gasteiger partial charge in [-0.1, -0.05) is 45.0 Å². The maximum atomic E-state index is 11.8. The molecule has 0 aliphatic rings. The Balaban J connectivity index is 2.04. The van der Waals surface area contributed by atoms with Gasteiger partial charge in [0.2, 0.25) is 0 Å². The standard InChI is InChI=1S/C18H25N3O2/c1-5-23-13-17(22)20-16-10-11-19-21(16)12-14-6-8-15(9-7-14)18(2,3)4/h6-11H,5,12-13H2,1-4H3,(H,20,22). The SMILES string of the molecule is CCOCC(=O)Nc1ccnn1Cc1ccc(C(C)(C)C)cc1. The second-order valence-corrected chi connectivity index (χ2v) is 6.51. The molecule has 0 saturated heterocycles. The van der Waals surface area contributed by atoms with E-state index in [9.17, 15) is 4.79 Å². The number of ether oxygens (including phenoxy) is 1. The first kappa shape index (κ1) is 17.2. The Morgan fingerprint density at radius 3 is 2.52 bits per heavy atom. The lowest BCUT2D eigenvalue weighted by molar-refractivity contribution is -0.120. The third-order valence-corrected chi connectivity index (χ3v) is 3.57. The van der Waals surface area contributed by atoms with Crippen molar-refractivity contribution in [2.75, 3.05) is 18.5 Å². The quantitative estimate of drug-likeness (QED) is 0.890. The zero-order chi connectivity index (χ0) is 16.9. The zero-order valence-corrected chi connectivity index (χ0v) is 14.3. The van der Waals surface area contributed by atoms with Gasteiger partial charge in [-0.25, -0.2) is 4.68 Å². The van der Waals surface area contributed by atoms with Crippen LogP contribution in [0.4, 0.5) is 5.82 Å². The van der Waals surface area contributed by atoms with E-state index in [1.54, 1.807) is 16.9 Å². The van der Waals surface area contributed by atoms with Crippen LogP contribution < -0.4 is 5.32 Å². The number of rotatable bonds is 6. The van der Waals surface area contributed by atoms with Crippen LogP contribution in [-0.4, -0.2) is 28.9 Å². The minimum atomic E-state index is -0.170. The van der Waals surface area contributed by atoms with Crippen LogP contribution in [0.15, 0.2) is 36.5 Å². The van der Waals surface area contributed by atoms with Crippen molar-refractivity contribution in [1.29, 1.82) is 0 Å². The Morgan fingerprint density at radius 2 is 1.91 bits per heavy atom. The highest BCUT2D eigenvalue weighted by Gasteiger charge is 2.13. The van der Waals surface area contributed by atoms with Crippen LogP contribution in [0.1, 0.15) is 38.8 Å². The van der Waals surface area contributed by atoms with Crippen LogP contribution in [0.3, 0.4) is 0 Å². The number of anilines is 1. The summed E-state index contributed by atoms with van der Waals surface area (Å²) in [6.45, 7) is 9.64. The minimum Gasteiger partial charge on any atom is -0.372 e. The molecule has 5 heteroatoms. The molecule has 0 spiro atoms.